The van der Waals surface area contributed by atoms with Crippen molar-refractivity contribution in [3.63, 3.8) is 0 Å². The summed E-state index contributed by atoms with van der Waals surface area (Å²) >= 11 is 3.29. The van der Waals surface area contributed by atoms with Gasteiger partial charge < -0.3 is 0 Å². The Balaban J connectivity index is 3.31. The van der Waals surface area contributed by atoms with Crippen LogP contribution in [0.4, 0.5) is 0 Å². The molecule has 13 heavy (non-hydrogen) atoms. The van der Waals surface area contributed by atoms with Crippen molar-refractivity contribution in [2.75, 3.05) is 6.54 Å². The molecule has 74 valence electrons. The number of halogens is 1. The van der Waals surface area contributed by atoms with Crippen molar-refractivity contribution in [1.82, 2.24) is 4.31 Å². The molecule has 1 aliphatic heterocycles. The van der Waals surface area contributed by atoms with Gasteiger partial charge in [-0.2, -0.15) is 8.42 Å². The molecule has 0 aromatic carbocycles. The first kappa shape index (κ1) is 10.7. The van der Waals surface area contributed by atoms with E-state index in [1.54, 1.807) is 20.8 Å². The first-order chi connectivity index (χ1) is 5.90. The van der Waals surface area contributed by atoms with Crippen molar-refractivity contribution in [3.8, 4) is 0 Å². The first-order valence-corrected chi connectivity index (χ1v) is 6.05. The lowest BCUT2D eigenvalue weighted by molar-refractivity contribution is 0.490. The largest absolute Gasteiger partial charge is 0.344 e. The highest BCUT2D eigenvalue weighted by Gasteiger charge is 2.27. The van der Waals surface area contributed by atoms with Crippen LogP contribution >= 0.6 is 15.9 Å². The summed E-state index contributed by atoms with van der Waals surface area (Å²) in [6, 6.07) is 0. The van der Waals surface area contributed by atoms with E-state index < -0.39 is 10.2 Å². The first-order valence-electron chi connectivity index (χ1n) is 3.86. The molecule has 4 nitrogen and oxygen atoms in total. The fraction of sp³-hybridized carbons (Fsp3) is 0.571. The van der Waals surface area contributed by atoms with Gasteiger partial charge in [-0.3, -0.25) is 4.31 Å². The number of hydrogen-bond donors (Lipinski definition) is 0. The molecule has 0 aromatic heterocycles. The van der Waals surface area contributed by atoms with Gasteiger partial charge in [-0.25, -0.2) is 0 Å². The topological polar surface area (TPSA) is 49.7 Å². The minimum atomic E-state index is -3.47. The average Bonchev–Trinajstić information content (AvgIpc) is 2.00. The summed E-state index contributed by atoms with van der Waals surface area (Å²) in [6.07, 6.45) is 0. The Morgan fingerprint density at radius 2 is 2.00 bits per heavy atom. The van der Waals surface area contributed by atoms with Crippen molar-refractivity contribution in [1.29, 1.82) is 0 Å². The lowest BCUT2D eigenvalue weighted by Gasteiger charge is -2.25. The molecule has 1 aliphatic rings. The van der Waals surface area contributed by atoms with Crippen LogP contribution in [0.2, 0.25) is 0 Å². The van der Waals surface area contributed by atoms with E-state index in [0.29, 0.717) is 18.0 Å². The van der Waals surface area contributed by atoms with Crippen molar-refractivity contribution in [2.24, 2.45) is 4.40 Å². The molecule has 0 radical (unpaired) electrons. The maximum absolute atomic E-state index is 11.5. The number of hydrogen-bond acceptors (Lipinski definition) is 2. The molecule has 1 heterocycles. The molecule has 0 N–H and O–H groups in total. The highest BCUT2D eigenvalue weighted by Crippen LogP contribution is 2.26. The Morgan fingerprint density at radius 1 is 1.46 bits per heavy atom. The van der Waals surface area contributed by atoms with Crippen LogP contribution in [0.5, 0.6) is 0 Å². The monoisotopic (exact) mass is 266 g/mol. The molecular weight excluding hydrogens is 256 g/mol. The highest BCUT2D eigenvalue weighted by molar-refractivity contribution is 9.12. The van der Waals surface area contributed by atoms with Gasteiger partial charge in [0.05, 0.1) is 10.2 Å². The SMILES string of the molecule is CCN1C(C)=C(Br)C(C)=NS1(=O)=O. The third-order valence-electron chi connectivity index (χ3n) is 1.83. The lowest BCUT2D eigenvalue weighted by Crippen LogP contribution is -2.32. The predicted octanol–water partition coefficient (Wildman–Crippen LogP) is 1.65. The molecule has 0 atom stereocenters. The molecule has 6 heteroatoms. The Kier molecular flexibility index (Phi) is 2.82. The molecule has 0 unspecified atom stereocenters. The standard InChI is InChI=1S/C7H11BrN2O2S/c1-4-10-6(3)7(8)5(2)9-13(10,11)12/h4H2,1-3H3. The normalized spacial score (nSPS) is 21.8. The number of nitrogens with zero attached hydrogens (tertiary/aromatic N) is 2. The smallest absolute Gasteiger partial charge is 0.255 e. The van der Waals surface area contributed by atoms with Gasteiger partial charge >= 0.3 is 10.2 Å². The summed E-state index contributed by atoms with van der Waals surface area (Å²) in [4.78, 5) is 0. The van der Waals surface area contributed by atoms with Gasteiger partial charge in [0.25, 0.3) is 0 Å². The quantitative estimate of drug-likeness (QED) is 0.725. The second kappa shape index (κ2) is 3.42. The van der Waals surface area contributed by atoms with Crippen LogP contribution in [0.1, 0.15) is 20.8 Å². The Morgan fingerprint density at radius 3 is 2.46 bits per heavy atom. The van der Waals surface area contributed by atoms with Crippen LogP contribution in [0.3, 0.4) is 0 Å². The van der Waals surface area contributed by atoms with Gasteiger partial charge in [-0.1, -0.05) is 0 Å². The van der Waals surface area contributed by atoms with E-state index in [1.165, 1.54) is 4.31 Å². The molecular formula is C7H11BrN2O2S. The van der Waals surface area contributed by atoms with Crippen LogP contribution in [0.15, 0.2) is 14.6 Å². The molecule has 0 aliphatic carbocycles. The second-order valence-electron chi connectivity index (χ2n) is 2.72. The zero-order chi connectivity index (χ0) is 10.2. The van der Waals surface area contributed by atoms with E-state index in [0.717, 1.165) is 4.48 Å². The summed E-state index contributed by atoms with van der Waals surface area (Å²) in [5, 5.41) is 0. The fourth-order valence-corrected chi connectivity index (χ4v) is 3.04. The summed E-state index contributed by atoms with van der Waals surface area (Å²) in [7, 11) is -3.47. The molecule has 0 bridgehead atoms. The Labute approximate surface area is 86.7 Å². The summed E-state index contributed by atoms with van der Waals surface area (Å²) in [5.74, 6) is 0. The van der Waals surface area contributed by atoms with Crippen molar-refractivity contribution in [2.45, 2.75) is 20.8 Å². The van der Waals surface area contributed by atoms with E-state index in [-0.39, 0.29) is 0 Å². The third-order valence-corrected chi connectivity index (χ3v) is 4.57. The maximum atomic E-state index is 11.5. The average molecular weight is 267 g/mol. The lowest BCUT2D eigenvalue weighted by atomic mass is 10.3. The van der Waals surface area contributed by atoms with Crippen LogP contribution < -0.4 is 0 Å². The van der Waals surface area contributed by atoms with Crippen molar-refractivity contribution >= 4 is 31.9 Å². The number of rotatable bonds is 1. The van der Waals surface area contributed by atoms with Gasteiger partial charge in [0.1, 0.15) is 0 Å². The summed E-state index contributed by atoms with van der Waals surface area (Å²) in [6.45, 7) is 5.60. The van der Waals surface area contributed by atoms with Gasteiger partial charge in [-0.05, 0) is 36.7 Å². The van der Waals surface area contributed by atoms with Gasteiger partial charge in [0.15, 0.2) is 0 Å². The van der Waals surface area contributed by atoms with Crippen molar-refractivity contribution in [3.05, 3.63) is 10.2 Å². The van der Waals surface area contributed by atoms with E-state index in [2.05, 4.69) is 20.3 Å². The molecule has 0 aromatic rings. The van der Waals surface area contributed by atoms with Crippen LogP contribution in [-0.2, 0) is 10.2 Å². The van der Waals surface area contributed by atoms with E-state index in [1.807, 2.05) is 0 Å². The van der Waals surface area contributed by atoms with E-state index in [9.17, 15) is 8.42 Å². The van der Waals surface area contributed by atoms with Crippen LogP contribution in [0.25, 0.3) is 0 Å². The molecule has 0 saturated heterocycles. The minimum absolute atomic E-state index is 0.403. The van der Waals surface area contributed by atoms with Gasteiger partial charge in [-0.15, -0.1) is 4.40 Å². The Hall–Kier alpha value is -0.360. The summed E-state index contributed by atoms with van der Waals surface area (Å²) < 4.78 is 28.6. The van der Waals surface area contributed by atoms with Crippen molar-refractivity contribution < 1.29 is 8.42 Å². The predicted molar refractivity (Wildman–Crippen MR) is 56.0 cm³/mol. The summed E-state index contributed by atoms with van der Waals surface area (Å²) in [5.41, 5.74) is 1.19. The Bertz CT molecular complexity index is 383. The van der Waals surface area contributed by atoms with E-state index in [4.69, 9.17) is 0 Å². The van der Waals surface area contributed by atoms with Crippen LogP contribution in [0, 0.1) is 0 Å². The minimum Gasteiger partial charge on any atom is -0.255 e. The fourth-order valence-electron chi connectivity index (χ4n) is 1.21. The number of allylic oxidation sites excluding steroid dienone is 2. The highest BCUT2D eigenvalue weighted by atomic mass is 79.9. The molecule has 0 fully saturated rings. The third kappa shape index (κ3) is 1.78. The molecule has 0 spiro atoms. The zero-order valence-electron chi connectivity index (χ0n) is 7.70. The molecule has 1 rings (SSSR count). The van der Waals surface area contributed by atoms with Crippen LogP contribution in [-0.4, -0.2) is 25.0 Å². The molecule has 0 amide bonds. The van der Waals surface area contributed by atoms with Gasteiger partial charge in [0.2, 0.25) is 0 Å². The van der Waals surface area contributed by atoms with Gasteiger partial charge in [0, 0.05) is 12.2 Å². The maximum Gasteiger partial charge on any atom is 0.344 e. The zero-order valence-corrected chi connectivity index (χ0v) is 10.1. The molecule has 0 saturated carbocycles. The second-order valence-corrected chi connectivity index (χ2v) is 5.03. The van der Waals surface area contributed by atoms with E-state index >= 15 is 0 Å².